The number of thiazole rings is 1. The van der Waals surface area contributed by atoms with E-state index in [4.69, 9.17) is 21.3 Å². The van der Waals surface area contributed by atoms with Crippen molar-refractivity contribution in [1.82, 2.24) is 9.47 Å². The van der Waals surface area contributed by atoms with Crippen molar-refractivity contribution in [3.05, 3.63) is 103 Å². The highest BCUT2D eigenvalue weighted by Crippen LogP contribution is 2.32. The lowest BCUT2D eigenvalue weighted by Gasteiger charge is -2.29. The summed E-state index contributed by atoms with van der Waals surface area (Å²) in [5, 5.41) is 0.586. The molecule has 1 atom stereocenters. The Labute approximate surface area is 257 Å². The van der Waals surface area contributed by atoms with Crippen LogP contribution in [0, 0.1) is 7.14 Å². The van der Waals surface area contributed by atoms with Crippen molar-refractivity contribution in [2.24, 2.45) is 4.99 Å². The van der Waals surface area contributed by atoms with Crippen molar-refractivity contribution in [2.75, 3.05) is 19.7 Å². The SMILES string of the molecule is C=CCOc1c(I)cc(/C=c2/sc3n(c2=O)[C@@H](c2ccc(Cl)cc2)C(C(=O)N(CC)CC)=C(C)N=3)cc1I. The van der Waals surface area contributed by atoms with Crippen molar-refractivity contribution in [1.29, 1.82) is 0 Å². The molecule has 1 amide bonds. The number of hydrogen-bond donors (Lipinski definition) is 0. The summed E-state index contributed by atoms with van der Waals surface area (Å²) in [6.45, 7) is 11.0. The fourth-order valence-electron chi connectivity index (χ4n) is 4.33. The first kappa shape index (κ1) is 29.0. The predicted molar refractivity (Wildman–Crippen MR) is 171 cm³/mol. The van der Waals surface area contributed by atoms with Crippen LogP contribution in [0.2, 0.25) is 5.02 Å². The minimum atomic E-state index is -0.603. The molecule has 0 radical (unpaired) electrons. The van der Waals surface area contributed by atoms with Gasteiger partial charge in [-0.05, 0) is 107 Å². The Morgan fingerprint density at radius 2 is 1.84 bits per heavy atom. The second-order valence-electron chi connectivity index (χ2n) is 8.52. The van der Waals surface area contributed by atoms with Gasteiger partial charge in [0.1, 0.15) is 12.4 Å². The number of hydrogen-bond acceptors (Lipinski definition) is 5. The Morgan fingerprint density at radius 3 is 2.42 bits per heavy atom. The number of carbonyl (C=O) groups is 1. The second-order valence-corrected chi connectivity index (χ2v) is 12.3. The highest BCUT2D eigenvalue weighted by atomic mass is 127. The first-order valence-electron chi connectivity index (χ1n) is 12.0. The van der Waals surface area contributed by atoms with Crippen molar-refractivity contribution in [3.8, 4) is 5.75 Å². The van der Waals surface area contributed by atoms with Gasteiger partial charge in [0.15, 0.2) is 4.80 Å². The lowest BCUT2D eigenvalue weighted by atomic mass is 9.94. The van der Waals surface area contributed by atoms with Gasteiger partial charge >= 0.3 is 0 Å². The van der Waals surface area contributed by atoms with Crippen LogP contribution in [0.4, 0.5) is 0 Å². The number of halogens is 3. The van der Waals surface area contributed by atoms with Gasteiger partial charge in [-0.15, -0.1) is 0 Å². The van der Waals surface area contributed by atoms with E-state index in [2.05, 4.69) is 51.8 Å². The summed E-state index contributed by atoms with van der Waals surface area (Å²) in [7, 11) is 0. The molecule has 0 saturated heterocycles. The molecule has 6 nitrogen and oxygen atoms in total. The van der Waals surface area contributed by atoms with Gasteiger partial charge in [0, 0.05) is 18.1 Å². The first-order chi connectivity index (χ1) is 18.2. The number of carbonyl (C=O) groups excluding carboxylic acids is 1. The van der Waals surface area contributed by atoms with Crippen molar-refractivity contribution >= 4 is 80.1 Å². The quantitative estimate of drug-likeness (QED) is 0.224. The number of benzene rings is 2. The highest BCUT2D eigenvalue weighted by Gasteiger charge is 2.34. The fourth-order valence-corrected chi connectivity index (χ4v) is 7.63. The van der Waals surface area contributed by atoms with E-state index < -0.39 is 6.04 Å². The van der Waals surface area contributed by atoms with Gasteiger partial charge in [0.2, 0.25) is 0 Å². The van der Waals surface area contributed by atoms with Gasteiger partial charge in [0.25, 0.3) is 11.5 Å². The van der Waals surface area contributed by atoms with E-state index in [1.54, 1.807) is 27.7 Å². The molecule has 198 valence electrons. The number of likely N-dealkylation sites (N-methyl/N-ethyl adjacent to an activating group) is 1. The van der Waals surface area contributed by atoms with E-state index in [-0.39, 0.29) is 11.5 Å². The highest BCUT2D eigenvalue weighted by molar-refractivity contribution is 14.1. The molecule has 4 rings (SSSR count). The lowest BCUT2D eigenvalue weighted by molar-refractivity contribution is -0.127. The average Bonchev–Trinajstić information content (AvgIpc) is 3.18. The standard InChI is InChI=1S/C28H26ClI2N3O3S/c1-5-12-37-25-20(30)13-17(14-21(25)31)15-22-26(35)34-24(18-8-10-19(29)11-9-18)23(16(4)32-28(34)38-22)27(36)33(6-2)7-3/h5,8-11,13-15,24H,1,6-7,12H2,2-4H3/b22-15+/t24-/m0/s1. The molecule has 0 N–H and O–H groups in total. The molecule has 0 saturated carbocycles. The largest absolute Gasteiger partial charge is 0.487 e. The number of amides is 1. The monoisotopic (exact) mass is 773 g/mol. The van der Waals surface area contributed by atoms with Crippen LogP contribution in [0.25, 0.3) is 6.08 Å². The molecule has 10 heteroatoms. The third-order valence-corrected chi connectivity index (χ3v) is 8.99. The predicted octanol–water partition coefficient (Wildman–Crippen LogP) is 5.53. The molecule has 0 bridgehead atoms. The minimum Gasteiger partial charge on any atom is -0.487 e. The summed E-state index contributed by atoms with van der Waals surface area (Å²) in [6.07, 6.45) is 3.58. The van der Waals surface area contributed by atoms with Crippen molar-refractivity contribution in [3.63, 3.8) is 0 Å². The van der Waals surface area contributed by atoms with Gasteiger partial charge < -0.3 is 9.64 Å². The van der Waals surface area contributed by atoms with E-state index in [0.717, 1.165) is 24.0 Å². The molecule has 2 aromatic carbocycles. The fraction of sp³-hybridized carbons (Fsp3) is 0.250. The number of ether oxygens (including phenoxy) is 1. The van der Waals surface area contributed by atoms with Crippen LogP contribution in [0.1, 0.15) is 37.9 Å². The number of allylic oxidation sites excluding steroid dienone is 1. The second kappa shape index (κ2) is 12.5. The topological polar surface area (TPSA) is 63.9 Å². The number of rotatable bonds is 8. The Kier molecular flexibility index (Phi) is 9.53. The Bertz CT molecular complexity index is 1580. The maximum Gasteiger partial charge on any atom is 0.271 e. The summed E-state index contributed by atoms with van der Waals surface area (Å²) in [5.74, 6) is 0.673. The maximum atomic E-state index is 13.9. The van der Waals surface area contributed by atoms with E-state index in [0.29, 0.717) is 45.3 Å². The Balaban J connectivity index is 1.90. The van der Waals surface area contributed by atoms with E-state index in [1.807, 2.05) is 51.1 Å². The number of aromatic nitrogens is 1. The van der Waals surface area contributed by atoms with Crippen LogP contribution in [0.5, 0.6) is 5.75 Å². The molecule has 0 spiro atoms. The average molecular weight is 774 g/mol. The van der Waals surface area contributed by atoms with E-state index in [1.165, 1.54) is 11.3 Å². The molecule has 0 unspecified atom stereocenters. The zero-order valence-corrected chi connectivity index (χ0v) is 27.0. The van der Waals surface area contributed by atoms with E-state index in [9.17, 15) is 9.59 Å². The Hall–Kier alpha value is -1.96. The molecule has 2 heterocycles. The molecular weight excluding hydrogens is 748 g/mol. The van der Waals surface area contributed by atoms with Gasteiger partial charge in [-0.25, -0.2) is 4.99 Å². The lowest BCUT2D eigenvalue weighted by Crippen LogP contribution is -2.43. The summed E-state index contributed by atoms with van der Waals surface area (Å²) >= 11 is 12.0. The van der Waals surface area contributed by atoms with Crippen molar-refractivity contribution < 1.29 is 9.53 Å². The summed E-state index contributed by atoms with van der Waals surface area (Å²) < 4.78 is 9.86. The molecule has 1 aliphatic rings. The molecule has 1 aliphatic heterocycles. The Morgan fingerprint density at radius 1 is 1.21 bits per heavy atom. The van der Waals surface area contributed by atoms with Crippen LogP contribution in [0.15, 0.2) is 70.1 Å². The van der Waals surface area contributed by atoms with Crippen LogP contribution < -0.4 is 19.6 Å². The molecule has 1 aromatic heterocycles. The van der Waals surface area contributed by atoms with Gasteiger partial charge in [-0.3, -0.25) is 14.2 Å². The van der Waals surface area contributed by atoms with Crippen molar-refractivity contribution in [2.45, 2.75) is 26.8 Å². The summed E-state index contributed by atoms with van der Waals surface area (Å²) in [4.78, 5) is 34.6. The smallest absolute Gasteiger partial charge is 0.271 e. The zero-order chi connectivity index (χ0) is 27.6. The van der Waals surface area contributed by atoms with Crippen LogP contribution in [0.3, 0.4) is 0 Å². The molecule has 0 fully saturated rings. The molecular formula is C28H26ClI2N3O3S. The zero-order valence-electron chi connectivity index (χ0n) is 21.1. The number of nitrogens with zero attached hydrogens (tertiary/aromatic N) is 3. The first-order valence-corrected chi connectivity index (χ1v) is 15.3. The molecule has 38 heavy (non-hydrogen) atoms. The van der Waals surface area contributed by atoms with Crippen LogP contribution >= 0.6 is 68.1 Å². The third-order valence-electron chi connectivity index (χ3n) is 6.15. The van der Waals surface area contributed by atoms with Crippen LogP contribution in [-0.4, -0.2) is 35.1 Å². The van der Waals surface area contributed by atoms with Crippen LogP contribution in [-0.2, 0) is 4.79 Å². The maximum absolute atomic E-state index is 13.9. The third kappa shape index (κ3) is 5.80. The molecule has 3 aromatic rings. The van der Waals surface area contributed by atoms with Gasteiger partial charge in [-0.1, -0.05) is 47.7 Å². The minimum absolute atomic E-state index is 0.121. The van der Waals surface area contributed by atoms with Gasteiger partial charge in [-0.2, -0.15) is 0 Å². The normalized spacial score (nSPS) is 15.2. The molecule has 0 aliphatic carbocycles. The summed E-state index contributed by atoms with van der Waals surface area (Å²) in [6, 6.07) is 10.7. The van der Waals surface area contributed by atoms with E-state index >= 15 is 0 Å². The van der Waals surface area contributed by atoms with Gasteiger partial charge in [0.05, 0.1) is 29.0 Å². The summed E-state index contributed by atoms with van der Waals surface area (Å²) in [5.41, 5.74) is 2.61. The number of fused-ring (bicyclic) bond motifs is 1.